The summed E-state index contributed by atoms with van der Waals surface area (Å²) in [6.45, 7) is 6.37. The van der Waals surface area contributed by atoms with E-state index in [0.717, 1.165) is 17.7 Å². The first-order valence-corrected chi connectivity index (χ1v) is 12.7. The van der Waals surface area contributed by atoms with Gasteiger partial charge in [0.2, 0.25) is 5.65 Å². The van der Waals surface area contributed by atoms with Crippen LogP contribution in [0.25, 0.3) is 16.9 Å². The second kappa shape index (κ2) is 11.4. The number of pyridine rings is 1. The molecule has 2 atom stereocenters. The van der Waals surface area contributed by atoms with E-state index in [9.17, 15) is 18.0 Å². The van der Waals surface area contributed by atoms with Crippen molar-refractivity contribution in [3.63, 3.8) is 0 Å². The van der Waals surface area contributed by atoms with Gasteiger partial charge in [0.1, 0.15) is 0 Å². The molecule has 4 rings (SSSR count). The summed E-state index contributed by atoms with van der Waals surface area (Å²) in [5.41, 5.74) is 3.53. The Bertz CT molecular complexity index is 1230. The molecule has 3 aromatic heterocycles. The molecule has 0 unspecified atom stereocenters. The molecule has 11 heteroatoms. The Kier molecular flexibility index (Phi) is 8.19. The quantitative estimate of drug-likeness (QED) is 0.470. The number of aryl methyl sites for hydroxylation is 1. The van der Waals surface area contributed by atoms with Crippen molar-refractivity contribution in [3.05, 3.63) is 42.1 Å². The van der Waals surface area contributed by atoms with Gasteiger partial charge < -0.3 is 19.4 Å². The number of hydrogen-bond donors (Lipinski definition) is 1. The Balaban J connectivity index is 1.70. The lowest BCUT2D eigenvalue weighted by molar-refractivity contribution is -0.136. The standard InChI is InChI=1S/C26H33F3N6O2/c1-4-35-18(3)21-15-19(14-17(2)31-21)22-16-34-12-11-30-23(34)24(33-22)37-13-7-5-6-8-20(32-25(35)36)9-10-26(27,28)29/h11-12,14-16,18,20H,4-10,13H2,1-3H3,(H,32,36)/t18-,20+/m0/s1. The average Bonchev–Trinajstić information content (AvgIpc) is 3.32. The van der Waals surface area contributed by atoms with Crippen molar-refractivity contribution in [2.24, 2.45) is 0 Å². The number of hydrogen-bond acceptors (Lipinski definition) is 5. The zero-order chi connectivity index (χ0) is 26.6. The lowest BCUT2D eigenvalue weighted by atomic mass is 10.0. The first kappa shape index (κ1) is 26.7. The molecule has 0 fully saturated rings. The van der Waals surface area contributed by atoms with E-state index < -0.39 is 24.7 Å². The summed E-state index contributed by atoms with van der Waals surface area (Å²) >= 11 is 0. The SMILES string of the molecule is CCN1C(=O)N[C@@H](CCC(F)(F)F)CCCCCOc2nc(cn3ccnc23)-c2cc(C)nc(c2)[C@@H]1C. The predicted octanol–water partition coefficient (Wildman–Crippen LogP) is 5.86. The number of urea groups is 1. The number of nitrogens with one attached hydrogen (secondary N) is 1. The molecule has 4 bridgehead atoms. The highest BCUT2D eigenvalue weighted by Crippen LogP contribution is 2.29. The molecule has 0 spiro atoms. The Morgan fingerprint density at radius 1 is 1.19 bits per heavy atom. The fourth-order valence-corrected chi connectivity index (χ4v) is 4.67. The molecule has 4 heterocycles. The molecule has 0 radical (unpaired) electrons. The number of amides is 2. The van der Waals surface area contributed by atoms with Crippen molar-refractivity contribution < 1.29 is 22.7 Å². The summed E-state index contributed by atoms with van der Waals surface area (Å²) in [7, 11) is 0. The summed E-state index contributed by atoms with van der Waals surface area (Å²) < 4.78 is 46.7. The van der Waals surface area contributed by atoms with Crippen LogP contribution in [-0.2, 0) is 0 Å². The van der Waals surface area contributed by atoms with E-state index in [2.05, 4.69) is 15.3 Å². The molecule has 0 aromatic carbocycles. The van der Waals surface area contributed by atoms with Gasteiger partial charge in [-0.15, -0.1) is 0 Å². The molecule has 200 valence electrons. The van der Waals surface area contributed by atoms with Crippen LogP contribution in [0.5, 0.6) is 5.88 Å². The molecule has 1 aliphatic heterocycles. The van der Waals surface area contributed by atoms with Crippen LogP contribution in [-0.4, -0.2) is 55.7 Å². The largest absolute Gasteiger partial charge is 0.475 e. The molecular formula is C26H33F3N6O2. The summed E-state index contributed by atoms with van der Waals surface area (Å²) in [4.78, 5) is 28.6. The molecule has 8 nitrogen and oxygen atoms in total. The van der Waals surface area contributed by atoms with Gasteiger partial charge in [0.25, 0.3) is 5.88 Å². The van der Waals surface area contributed by atoms with Crippen molar-refractivity contribution in [2.45, 2.75) is 77.6 Å². The van der Waals surface area contributed by atoms with Crippen LogP contribution in [0.2, 0.25) is 0 Å². The lowest BCUT2D eigenvalue weighted by Gasteiger charge is -2.31. The molecule has 0 saturated carbocycles. The van der Waals surface area contributed by atoms with Gasteiger partial charge in [-0.2, -0.15) is 13.2 Å². The third-order valence-electron chi connectivity index (χ3n) is 6.65. The van der Waals surface area contributed by atoms with E-state index in [4.69, 9.17) is 9.72 Å². The van der Waals surface area contributed by atoms with Gasteiger partial charge in [-0.3, -0.25) is 4.98 Å². The van der Waals surface area contributed by atoms with Gasteiger partial charge in [-0.05, 0) is 58.6 Å². The molecule has 37 heavy (non-hydrogen) atoms. The van der Waals surface area contributed by atoms with Gasteiger partial charge in [0.15, 0.2) is 0 Å². The Morgan fingerprint density at radius 3 is 2.76 bits per heavy atom. The highest BCUT2D eigenvalue weighted by molar-refractivity contribution is 5.75. The van der Waals surface area contributed by atoms with E-state index in [0.29, 0.717) is 55.3 Å². The first-order valence-electron chi connectivity index (χ1n) is 12.7. The van der Waals surface area contributed by atoms with Crippen LogP contribution in [0.15, 0.2) is 30.7 Å². The van der Waals surface area contributed by atoms with Crippen LogP contribution in [0, 0.1) is 6.92 Å². The molecule has 3 aromatic rings. The second-order valence-corrected chi connectivity index (χ2v) is 9.47. The zero-order valence-corrected chi connectivity index (χ0v) is 21.4. The maximum atomic E-state index is 13.2. The van der Waals surface area contributed by atoms with Gasteiger partial charge in [0.05, 0.1) is 24.0 Å². The third kappa shape index (κ3) is 6.69. The zero-order valence-electron chi connectivity index (χ0n) is 21.4. The number of nitrogens with zero attached hydrogens (tertiary/aromatic N) is 5. The number of aromatic nitrogens is 4. The van der Waals surface area contributed by atoms with Crippen molar-refractivity contribution in [1.29, 1.82) is 0 Å². The Labute approximate surface area is 214 Å². The highest BCUT2D eigenvalue weighted by Gasteiger charge is 2.30. The van der Waals surface area contributed by atoms with Crippen molar-refractivity contribution in [1.82, 2.24) is 29.6 Å². The molecule has 1 aliphatic rings. The van der Waals surface area contributed by atoms with Crippen LogP contribution in [0.4, 0.5) is 18.0 Å². The molecule has 0 aliphatic carbocycles. The highest BCUT2D eigenvalue weighted by atomic mass is 19.4. The number of alkyl halides is 3. The van der Waals surface area contributed by atoms with Gasteiger partial charge in [0, 0.05) is 48.9 Å². The van der Waals surface area contributed by atoms with Crippen LogP contribution in [0.3, 0.4) is 0 Å². The number of carbonyl (C=O) groups is 1. The van der Waals surface area contributed by atoms with Crippen molar-refractivity contribution >= 4 is 11.7 Å². The normalized spacial score (nSPS) is 19.8. The fourth-order valence-electron chi connectivity index (χ4n) is 4.67. The minimum Gasteiger partial charge on any atom is -0.475 e. The predicted molar refractivity (Wildman–Crippen MR) is 133 cm³/mol. The molecular weight excluding hydrogens is 485 g/mol. The van der Waals surface area contributed by atoms with Gasteiger partial charge in [-0.1, -0.05) is 6.42 Å². The number of rotatable bonds is 3. The number of fused-ring (bicyclic) bond motifs is 7. The van der Waals surface area contributed by atoms with Crippen LogP contribution >= 0.6 is 0 Å². The number of ether oxygens (including phenoxy) is 1. The summed E-state index contributed by atoms with van der Waals surface area (Å²) in [5.74, 6) is 0.422. The number of imidazole rings is 1. The van der Waals surface area contributed by atoms with Gasteiger partial charge in [-0.25, -0.2) is 14.8 Å². The first-order chi connectivity index (χ1) is 17.6. The minimum atomic E-state index is -4.27. The third-order valence-corrected chi connectivity index (χ3v) is 6.65. The van der Waals surface area contributed by atoms with E-state index in [1.807, 2.05) is 49.7 Å². The molecule has 0 saturated heterocycles. The van der Waals surface area contributed by atoms with Crippen molar-refractivity contribution in [3.8, 4) is 17.1 Å². The van der Waals surface area contributed by atoms with E-state index in [1.54, 1.807) is 11.1 Å². The lowest BCUT2D eigenvalue weighted by Crippen LogP contribution is -2.46. The Morgan fingerprint density at radius 2 is 2.00 bits per heavy atom. The van der Waals surface area contributed by atoms with Crippen LogP contribution in [0.1, 0.15) is 69.8 Å². The fraction of sp³-hybridized carbons (Fsp3) is 0.538. The average molecular weight is 519 g/mol. The Hall–Kier alpha value is -3.37. The second-order valence-electron chi connectivity index (χ2n) is 9.47. The smallest absolute Gasteiger partial charge is 0.389 e. The summed E-state index contributed by atoms with van der Waals surface area (Å²) in [5, 5.41) is 2.87. The summed E-state index contributed by atoms with van der Waals surface area (Å²) in [6.07, 6.45) is 2.61. The van der Waals surface area contributed by atoms with E-state index >= 15 is 0 Å². The summed E-state index contributed by atoms with van der Waals surface area (Å²) in [6, 6.07) is 2.44. The topological polar surface area (TPSA) is 84.7 Å². The van der Waals surface area contributed by atoms with E-state index in [-0.39, 0.29) is 12.5 Å². The number of halogens is 3. The van der Waals surface area contributed by atoms with Crippen molar-refractivity contribution in [2.75, 3.05) is 13.2 Å². The molecule has 2 amide bonds. The maximum Gasteiger partial charge on any atom is 0.389 e. The maximum absolute atomic E-state index is 13.2. The van der Waals surface area contributed by atoms with Gasteiger partial charge >= 0.3 is 12.2 Å². The number of carbonyl (C=O) groups excluding carboxylic acids is 1. The minimum absolute atomic E-state index is 0.155. The monoisotopic (exact) mass is 518 g/mol. The van der Waals surface area contributed by atoms with Crippen LogP contribution < -0.4 is 10.1 Å². The molecule has 1 N–H and O–H groups in total. The van der Waals surface area contributed by atoms with E-state index in [1.165, 1.54) is 0 Å².